The minimum absolute atomic E-state index is 0.118. The molecule has 2 N–H and O–H groups in total. The Labute approximate surface area is 182 Å². The molecular formula is C25H17F3N2O2. The van der Waals surface area contributed by atoms with Gasteiger partial charge in [-0.1, -0.05) is 36.3 Å². The molecule has 160 valence electrons. The van der Waals surface area contributed by atoms with Crippen LogP contribution in [0, 0.1) is 12.3 Å². The van der Waals surface area contributed by atoms with Gasteiger partial charge < -0.3 is 10.6 Å². The number of terminal acetylenes is 1. The first-order valence-corrected chi connectivity index (χ1v) is 9.39. The molecule has 3 aromatic rings. The summed E-state index contributed by atoms with van der Waals surface area (Å²) in [4.78, 5) is 24.5. The molecule has 0 heterocycles. The third-order valence-corrected chi connectivity index (χ3v) is 4.36. The molecule has 0 aliphatic rings. The lowest BCUT2D eigenvalue weighted by molar-refractivity contribution is -0.137. The summed E-state index contributed by atoms with van der Waals surface area (Å²) >= 11 is 0. The highest BCUT2D eigenvalue weighted by molar-refractivity contribution is 6.05. The largest absolute Gasteiger partial charge is 0.416 e. The zero-order valence-corrected chi connectivity index (χ0v) is 16.6. The number of halogens is 3. The van der Waals surface area contributed by atoms with Crippen molar-refractivity contribution in [1.82, 2.24) is 0 Å². The third kappa shape index (κ3) is 5.86. The number of nitrogens with one attached hydrogen (secondary N) is 2. The van der Waals surface area contributed by atoms with Crippen LogP contribution in [0.4, 0.5) is 24.5 Å². The lowest BCUT2D eigenvalue weighted by Crippen LogP contribution is -2.14. The Kier molecular flexibility index (Phi) is 6.76. The fourth-order valence-corrected chi connectivity index (χ4v) is 2.82. The Morgan fingerprint density at radius 3 is 2.41 bits per heavy atom. The summed E-state index contributed by atoms with van der Waals surface area (Å²) < 4.78 is 38.6. The molecule has 0 aliphatic heterocycles. The summed E-state index contributed by atoms with van der Waals surface area (Å²) in [5, 5.41) is 5.24. The number of rotatable bonds is 5. The molecule has 0 radical (unpaired) electrons. The molecule has 2 amide bonds. The van der Waals surface area contributed by atoms with Crippen LogP contribution in [0.2, 0.25) is 0 Å². The Morgan fingerprint density at radius 1 is 0.906 bits per heavy atom. The summed E-state index contributed by atoms with van der Waals surface area (Å²) in [6, 6.07) is 17.6. The Bertz CT molecular complexity index is 1220. The standard InChI is InChI=1S/C25H17F3N2O2/c1-2-18-8-3-4-12-22(18)30-23(31)14-13-17-7-5-11-21(15-17)29-24(32)19-9-6-10-20(16-19)25(26,27)28/h1,3-16H,(H,29,32)(H,30,31)/b14-13+. The van der Waals surface area contributed by atoms with Crippen molar-refractivity contribution in [3.63, 3.8) is 0 Å². The normalized spacial score (nSPS) is 11.1. The average molecular weight is 434 g/mol. The number of para-hydroxylation sites is 1. The van der Waals surface area contributed by atoms with Gasteiger partial charge in [0.25, 0.3) is 5.91 Å². The van der Waals surface area contributed by atoms with E-state index in [1.54, 1.807) is 48.5 Å². The van der Waals surface area contributed by atoms with E-state index >= 15 is 0 Å². The number of benzene rings is 3. The van der Waals surface area contributed by atoms with Crippen molar-refractivity contribution < 1.29 is 22.8 Å². The second kappa shape index (κ2) is 9.67. The van der Waals surface area contributed by atoms with Crippen molar-refractivity contribution in [2.45, 2.75) is 6.18 Å². The molecule has 0 fully saturated rings. The lowest BCUT2D eigenvalue weighted by atomic mass is 10.1. The number of carbonyl (C=O) groups excluding carboxylic acids is 2. The maximum absolute atomic E-state index is 12.9. The number of hydrogen-bond acceptors (Lipinski definition) is 2. The molecule has 0 bridgehead atoms. The van der Waals surface area contributed by atoms with E-state index in [4.69, 9.17) is 6.42 Å². The van der Waals surface area contributed by atoms with Crippen LogP contribution in [-0.4, -0.2) is 11.8 Å². The molecule has 0 spiro atoms. The molecule has 0 unspecified atom stereocenters. The van der Waals surface area contributed by atoms with Crippen molar-refractivity contribution in [2.75, 3.05) is 10.6 Å². The molecule has 0 aliphatic carbocycles. The van der Waals surface area contributed by atoms with E-state index < -0.39 is 23.6 Å². The molecule has 0 saturated carbocycles. The predicted molar refractivity (Wildman–Crippen MR) is 118 cm³/mol. The summed E-state index contributed by atoms with van der Waals surface area (Å²) in [5.41, 5.74) is 1.01. The van der Waals surface area contributed by atoms with E-state index in [2.05, 4.69) is 16.6 Å². The van der Waals surface area contributed by atoms with Gasteiger partial charge >= 0.3 is 6.18 Å². The van der Waals surface area contributed by atoms with Crippen LogP contribution in [0.25, 0.3) is 6.08 Å². The highest BCUT2D eigenvalue weighted by atomic mass is 19.4. The van der Waals surface area contributed by atoms with Gasteiger partial charge in [-0.05, 0) is 54.1 Å². The Morgan fingerprint density at radius 2 is 1.66 bits per heavy atom. The van der Waals surface area contributed by atoms with Gasteiger partial charge in [-0.3, -0.25) is 9.59 Å². The molecule has 3 rings (SSSR count). The Hall–Kier alpha value is -4.31. The predicted octanol–water partition coefficient (Wildman–Crippen LogP) is 5.59. The molecular weight excluding hydrogens is 417 g/mol. The van der Waals surface area contributed by atoms with Gasteiger partial charge in [0, 0.05) is 22.9 Å². The van der Waals surface area contributed by atoms with E-state index in [-0.39, 0.29) is 5.56 Å². The summed E-state index contributed by atoms with van der Waals surface area (Å²) in [6.45, 7) is 0. The maximum Gasteiger partial charge on any atom is 0.416 e. The van der Waals surface area contributed by atoms with E-state index in [1.807, 2.05) is 0 Å². The van der Waals surface area contributed by atoms with Crippen molar-refractivity contribution in [3.05, 3.63) is 101 Å². The fourth-order valence-electron chi connectivity index (χ4n) is 2.82. The lowest BCUT2D eigenvalue weighted by Gasteiger charge is -2.09. The van der Waals surface area contributed by atoms with Crippen LogP contribution in [0.3, 0.4) is 0 Å². The Balaban J connectivity index is 1.68. The quantitative estimate of drug-likeness (QED) is 0.406. The van der Waals surface area contributed by atoms with Crippen LogP contribution < -0.4 is 10.6 Å². The first-order chi connectivity index (χ1) is 15.3. The maximum atomic E-state index is 12.9. The second-order valence-electron chi connectivity index (χ2n) is 6.67. The number of anilines is 2. The molecule has 0 saturated heterocycles. The first kappa shape index (κ1) is 22.4. The number of amides is 2. The summed E-state index contributed by atoms with van der Waals surface area (Å²) in [7, 11) is 0. The van der Waals surface area contributed by atoms with E-state index in [1.165, 1.54) is 24.3 Å². The molecule has 32 heavy (non-hydrogen) atoms. The fraction of sp³-hybridized carbons (Fsp3) is 0.0400. The van der Waals surface area contributed by atoms with Crippen LogP contribution >= 0.6 is 0 Å². The molecule has 4 nitrogen and oxygen atoms in total. The number of hydrogen-bond donors (Lipinski definition) is 2. The molecule has 7 heteroatoms. The average Bonchev–Trinajstić information content (AvgIpc) is 2.78. The van der Waals surface area contributed by atoms with Crippen molar-refractivity contribution in [1.29, 1.82) is 0 Å². The van der Waals surface area contributed by atoms with Crippen molar-refractivity contribution in [3.8, 4) is 12.3 Å². The zero-order chi connectivity index (χ0) is 23.1. The summed E-state index contributed by atoms with van der Waals surface area (Å²) in [6.07, 6.45) is 3.71. The SMILES string of the molecule is C#Cc1ccccc1NC(=O)/C=C/c1cccc(NC(=O)c2cccc(C(F)(F)F)c2)c1. The van der Waals surface area contributed by atoms with Crippen LogP contribution in [0.5, 0.6) is 0 Å². The van der Waals surface area contributed by atoms with Crippen molar-refractivity contribution in [2.24, 2.45) is 0 Å². The smallest absolute Gasteiger partial charge is 0.322 e. The van der Waals surface area contributed by atoms with Crippen LogP contribution in [-0.2, 0) is 11.0 Å². The van der Waals surface area contributed by atoms with Gasteiger partial charge in [-0.15, -0.1) is 6.42 Å². The second-order valence-corrected chi connectivity index (χ2v) is 6.67. The zero-order valence-electron chi connectivity index (χ0n) is 16.6. The molecule has 0 aromatic heterocycles. The minimum Gasteiger partial charge on any atom is -0.322 e. The van der Waals surface area contributed by atoms with E-state index in [0.29, 0.717) is 22.5 Å². The molecule has 0 atom stereocenters. The highest BCUT2D eigenvalue weighted by Crippen LogP contribution is 2.29. The number of alkyl halides is 3. The summed E-state index contributed by atoms with van der Waals surface area (Å²) in [5.74, 6) is 1.41. The monoisotopic (exact) mass is 434 g/mol. The van der Waals surface area contributed by atoms with E-state index in [0.717, 1.165) is 12.1 Å². The van der Waals surface area contributed by atoms with Crippen molar-refractivity contribution >= 4 is 29.3 Å². The van der Waals surface area contributed by atoms with Gasteiger partial charge in [0.15, 0.2) is 0 Å². The topological polar surface area (TPSA) is 58.2 Å². The van der Waals surface area contributed by atoms with Gasteiger partial charge in [0.2, 0.25) is 5.91 Å². The van der Waals surface area contributed by atoms with Gasteiger partial charge in [0.1, 0.15) is 0 Å². The number of carbonyl (C=O) groups is 2. The minimum atomic E-state index is -4.54. The first-order valence-electron chi connectivity index (χ1n) is 9.39. The van der Waals surface area contributed by atoms with Gasteiger partial charge in [0.05, 0.1) is 11.3 Å². The van der Waals surface area contributed by atoms with E-state index in [9.17, 15) is 22.8 Å². The van der Waals surface area contributed by atoms with Crippen LogP contribution in [0.1, 0.15) is 27.0 Å². The third-order valence-electron chi connectivity index (χ3n) is 4.36. The molecule has 3 aromatic carbocycles. The highest BCUT2D eigenvalue weighted by Gasteiger charge is 2.30. The van der Waals surface area contributed by atoms with Gasteiger partial charge in [-0.25, -0.2) is 0 Å². The van der Waals surface area contributed by atoms with Gasteiger partial charge in [-0.2, -0.15) is 13.2 Å². The van der Waals surface area contributed by atoms with Crippen LogP contribution in [0.15, 0.2) is 78.9 Å².